The summed E-state index contributed by atoms with van der Waals surface area (Å²) in [5.74, 6) is -1.62. The Hall–Kier alpha value is -1.82. The van der Waals surface area contributed by atoms with Crippen molar-refractivity contribution in [2.75, 3.05) is 0 Å². The Morgan fingerprint density at radius 3 is 2.74 bits per heavy atom. The Balaban J connectivity index is 2.17. The van der Waals surface area contributed by atoms with Crippen LogP contribution in [-0.4, -0.2) is 21.1 Å². The van der Waals surface area contributed by atoms with E-state index in [0.29, 0.717) is 4.47 Å². The molecule has 2 aromatic rings. The van der Waals surface area contributed by atoms with Crippen molar-refractivity contribution >= 4 is 27.5 Å². The molecule has 0 amide bonds. The second-order valence-electron chi connectivity index (χ2n) is 4.07. The predicted molar refractivity (Wildman–Crippen MR) is 70.6 cm³/mol. The first-order valence-electron chi connectivity index (χ1n) is 5.47. The van der Waals surface area contributed by atoms with Gasteiger partial charge in [0.2, 0.25) is 0 Å². The lowest BCUT2D eigenvalue weighted by Crippen LogP contribution is -2.10. The summed E-state index contributed by atoms with van der Waals surface area (Å²) >= 11 is 3.16. The summed E-state index contributed by atoms with van der Waals surface area (Å²) in [5.41, 5.74) is 0.102. The number of aryl methyl sites for hydroxylation is 1. The molecular formula is C13H10BrFN2O2. The summed E-state index contributed by atoms with van der Waals surface area (Å²) in [6.45, 7) is 0. The second kappa shape index (κ2) is 5.44. The highest BCUT2D eigenvalue weighted by Gasteiger charge is 2.18. The van der Waals surface area contributed by atoms with Crippen LogP contribution in [0.1, 0.15) is 27.3 Å². The molecule has 0 aliphatic heterocycles. The fourth-order valence-corrected chi connectivity index (χ4v) is 1.96. The fraction of sp³-hybridized carbons (Fsp3) is 0.154. The number of ketones is 2. The predicted octanol–water partition coefficient (Wildman–Crippen LogP) is 2.78. The third-order valence-electron chi connectivity index (χ3n) is 2.54. The van der Waals surface area contributed by atoms with Gasteiger partial charge in [0, 0.05) is 17.7 Å². The molecule has 6 heteroatoms. The van der Waals surface area contributed by atoms with Crippen LogP contribution in [0.2, 0.25) is 0 Å². The molecular weight excluding hydrogens is 315 g/mol. The zero-order valence-corrected chi connectivity index (χ0v) is 11.6. The number of rotatable bonds is 4. The Kier molecular flexibility index (Phi) is 3.90. The molecule has 2 rings (SSSR count). The van der Waals surface area contributed by atoms with Crippen molar-refractivity contribution in [1.29, 1.82) is 0 Å². The average Bonchev–Trinajstić information content (AvgIpc) is 2.79. The monoisotopic (exact) mass is 324 g/mol. The molecule has 19 heavy (non-hydrogen) atoms. The van der Waals surface area contributed by atoms with Gasteiger partial charge in [-0.3, -0.25) is 9.59 Å². The molecule has 0 radical (unpaired) electrons. The highest BCUT2D eigenvalue weighted by atomic mass is 79.9. The van der Waals surface area contributed by atoms with E-state index in [1.165, 1.54) is 30.7 Å². The van der Waals surface area contributed by atoms with E-state index in [2.05, 4.69) is 20.9 Å². The highest BCUT2D eigenvalue weighted by molar-refractivity contribution is 9.10. The summed E-state index contributed by atoms with van der Waals surface area (Å²) in [5, 5.41) is 0. The van der Waals surface area contributed by atoms with Crippen LogP contribution in [-0.2, 0) is 7.05 Å². The summed E-state index contributed by atoms with van der Waals surface area (Å²) in [6.07, 6.45) is 2.59. The van der Waals surface area contributed by atoms with Crippen molar-refractivity contribution in [3.8, 4) is 0 Å². The number of benzene rings is 1. The van der Waals surface area contributed by atoms with E-state index in [4.69, 9.17) is 0 Å². The molecule has 4 nitrogen and oxygen atoms in total. The molecule has 0 atom stereocenters. The van der Waals surface area contributed by atoms with E-state index < -0.39 is 23.8 Å². The quantitative estimate of drug-likeness (QED) is 0.642. The van der Waals surface area contributed by atoms with Crippen molar-refractivity contribution in [3.63, 3.8) is 0 Å². The molecule has 0 unspecified atom stereocenters. The normalized spacial score (nSPS) is 10.5. The summed E-state index contributed by atoms with van der Waals surface area (Å²) in [7, 11) is 1.72. The van der Waals surface area contributed by atoms with Crippen LogP contribution < -0.4 is 0 Å². The van der Waals surface area contributed by atoms with Gasteiger partial charge in [-0.1, -0.05) is 15.9 Å². The van der Waals surface area contributed by atoms with E-state index in [1.807, 2.05) is 0 Å². The van der Waals surface area contributed by atoms with Crippen LogP contribution in [0.3, 0.4) is 0 Å². The molecule has 98 valence electrons. The minimum atomic E-state index is -0.637. The van der Waals surface area contributed by atoms with Gasteiger partial charge in [-0.15, -0.1) is 0 Å². The zero-order chi connectivity index (χ0) is 14.0. The molecule has 1 aromatic heterocycles. The summed E-state index contributed by atoms with van der Waals surface area (Å²) in [4.78, 5) is 27.6. The third kappa shape index (κ3) is 3.14. The number of carbonyl (C=O) groups is 2. The molecule has 0 saturated heterocycles. The SMILES string of the molecule is Cn1cnc(C(=O)CC(=O)c2cc(Br)ccc2F)c1. The van der Waals surface area contributed by atoms with Crippen LogP contribution in [0, 0.1) is 5.82 Å². The number of Topliss-reactive ketones (excluding diaryl/α,β-unsaturated/α-hetero) is 2. The number of carbonyl (C=O) groups excluding carboxylic acids is 2. The summed E-state index contributed by atoms with van der Waals surface area (Å²) in [6, 6.07) is 4.04. The minimum Gasteiger partial charge on any atom is -0.340 e. The molecule has 0 N–H and O–H groups in total. The van der Waals surface area contributed by atoms with Crippen molar-refractivity contribution in [3.05, 3.63) is 52.3 Å². The highest BCUT2D eigenvalue weighted by Crippen LogP contribution is 2.17. The van der Waals surface area contributed by atoms with E-state index >= 15 is 0 Å². The van der Waals surface area contributed by atoms with Crippen molar-refractivity contribution < 1.29 is 14.0 Å². The number of imidazole rings is 1. The lowest BCUT2D eigenvalue weighted by atomic mass is 10.0. The van der Waals surface area contributed by atoms with Crippen molar-refractivity contribution in [1.82, 2.24) is 9.55 Å². The van der Waals surface area contributed by atoms with Crippen LogP contribution in [0.4, 0.5) is 4.39 Å². The first-order valence-corrected chi connectivity index (χ1v) is 6.26. The van der Waals surface area contributed by atoms with Gasteiger partial charge in [-0.2, -0.15) is 0 Å². The van der Waals surface area contributed by atoms with Crippen molar-refractivity contribution in [2.24, 2.45) is 7.05 Å². The van der Waals surface area contributed by atoms with Gasteiger partial charge in [0.15, 0.2) is 11.6 Å². The second-order valence-corrected chi connectivity index (χ2v) is 4.99. The first-order chi connectivity index (χ1) is 8.97. The molecule has 1 heterocycles. The molecule has 0 aliphatic rings. The maximum Gasteiger partial charge on any atom is 0.190 e. The number of hydrogen-bond acceptors (Lipinski definition) is 3. The van der Waals surface area contributed by atoms with Gasteiger partial charge in [0.25, 0.3) is 0 Å². The topological polar surface area (TPSA) is 52.0 Å². The fourth-order valence-electron chi connectivity index (χ4n) is 1.60. The number of hydrogen-bond donors (Lipinski definition) is 0. The largest absolute Gasteiger partial charge is 0.340 e. The lowest BCUT2D eigenvalue weighted by Gasteiger charge is -2.02. The van der Waals surface area contributed by atoms with Gasteiger partial charge < -0.3 is 4.57 Å². The van der Waals surface area contributed by atoms with Gasteiger partial charge in [-0.05, 0) is 18.2 Å². The van der Waals surface area contributed by atoms with Gasteiger partial charge in [0.1, 0.15) is 11.5 Å². The van der Waals surface area contributed by atoms with Crippen LogP contribution in [0.5, 0.6) is 0 Å². The third-order valence-corrected chi connectivity index (χ3v) is 3.03. The number of aromatic nitrogens is 2. The summed E-state index contributed by atoms with van der Waals surface area (Å²) < 4.78 is 15.7. The van der Waals surface area contributed by atoms with E-state index in [0.717, 1.165) is 0 Å². The molecule has 0 bridgehead atoms. The zero-order valence-electron chi connectivity index (χ0n) is 10.1. The average molecular weight is 325 g/mol. The molecule has 0 spiro atoms. The Bertz CT molecular complexity index is 652. The maximum atomic E-state index is 13.5. The minimum absolute atomic E-state index is 0.0985. The van der Waals surface area contributed by atoms with Crippen molar-refractivity contribution in [2.45, 2.75) is 6.42 Å². The lowest BCUT2D eigenvalue weighted by molar-refractivity contribution is 0.0889. The van der Waals surface area contributed by atoms with Gasteiger partial charge in [0.05, 0.1) is 18.3 Å². The van der Waals surface area contributed by atoms with Crippen LogP contribution >= 0.6 is 15.9 Å². The Morgan fingerprint density at radius 1 is 1.37 bits per heavy atom. The molecule has 1 aromatic carbocycles. The van der Waals surface area contributed by atoms with Crippen LogP contribution in [0.15, 0.2) is 35.2 Å². The first kappa shape index (κ1) is 13.6. The van der Waals surface area contributed by atoms with E-state index in [9.17, 15) is 14.0 Å². The Labute approximate surface area is 117 Å². The van der Waals surface area contributed by atoms with E-state index in [1.54, 1.807) is 11.6 Å². The molecule has 0 aliphatic carbocycles. The smallest absolute Gasteiger partial charge is 0.190 e. The number of halogens is 2. The standard InChI is InChI=1S/C13H10BrFN2O2/c1-17-6-11(16-7-17)13(19)5-12(18)9-4-8(14)2-3-10(9)15/h2-4,6-7H,5H2,1H3. The van der Waals surface area contributed by atoms with E-state index in [-0.39, 0.29) is 11.3 Å². The van der Waals surface area contributed by atoms with Gasteiger partial charge >= 0.3 is 0 Å². The number of nitrogens with zero attached hydrogens (tertiary/aromatic N) is 2. The maximum absolute atomic E-state index is 13.5. The van der Waals surface area contributed by atoms with Crippen LogP contribution in [0.25, 0.3) is 0 Å². The molecule has 0 saturated carbocycles. The Morgan fingerprint density at radius 2 is 2.11 bits per heavy atom. The van der Waals surface area contributed by atoms with Gasteiger partial charge in [-0.25, -0.2) is 9.37 Å². The molecule has 0 fully saturated rings.